The van der Waals surface area contributed by atoms with Crippen molar-refractivity contribution < 1.29 is 17.6 Å². The highest BCUT2D eigenvalue weighted by atomic mass is 35.5. The second kappa shape index (κ2) is 7.20. The van der Waals surface area contributed by atoms with Crippen LogP contribution in [0, 0.1) is 0 Å². The Morgan fingerprint density at radius 2 is 1.75 bits per heavy atom. The average Bonchev–Trinajstić information content (AvgIpc) is 3.30. The largest absolute Gasteiger partial charge is 0.416 e. The van der Waals surface area contributed by atoms with Gasteiger partial charge in [-0.3, -0.25) is 0 Å². The Kier molecular flexibility index (Phi) is 4.86. The van der Waals surface area contributed by atoms with E-state index >= 15 is 0 Å². The van der Waals surface area contributed by atoms with Crippen LogP contribution in [0.4, 0.5) is 13.2 Å². The molecule has 28 heavy (non-hydrogen) atoms. The molecule has 2 heterocycles. The van der Waals surface area contributed by atoms with Crippen molar-refractivity contribution in [1.29, 1.82) is 0 Å². The molecule has 0 aliphatic heterocycles. The van der Waals surface area contributed by atoms with Crippen LogP contribution in [0.25, 0.3) is 33.6 Å². The lowest BCUT2D eigenvalue weighted by Crippen LogP contribution is -2.04. The van der Waals surface area contributed by atoms with Crippen molar-refractivity contribution in [2.45, 2.75) is 6.18 Å². The molecule has 0 saturated carbocycles. The summed E-state index contributed by atoms with van der Waals surface area (Å²) >= 11 is 13.2. The molecule has 0 radical (unpaired) electrons. The van der Waals surface area contributed by atoms with E-state index in [4.69, 9.17) is 27.6 Å². The van der Waals surface area contributed by atoms with Crippen LogP contribution in [0.5, 0.6) is 0 Å². The minimum atomic E-state index is -4.42. The fourth-order valence-corrected chi connectivity index (χ4v) is 3.71. The van der Waals surface area contributed by atoms with Crippen molar-refractivity contribution in [3.63, 3.8) is 0 Å². The van der Waals surface area contributed by atoms with Crippen molar-refractivity contribution in [2.75, 3.05) is 0 Å². The number of aromatic nitrogens is 3. The highest BCUT2D eigenvalue weighted by Gasteiger charge is 2.30. The van der Waals surface area contributed by atoms with Gasteiger partial charge in [0.2, 0.25) is 5.89 Å². The first kappa shape index (κ1) is 18.9. The molecule has 0 aliphatic carbocycles. The Morgan fingerprint density at radius 3 is 2.50 bits per heavy atom. The SMILES string of the molecule is FC(F)(F)c1cccc(-c2nc(-c3nnc(-c4ccc(Cl)cc4Cl)o3)cs2)c1. The summed E-state index contributed by atoms with van der Waals surface area (Å²) in [6.45, 7) is 0. The van der Waals surface area contributed by atoms with Crippen molar-refractivity contribution in [1.82, 2.24) is 15.2 Å². The van der Waals surface area contributed by atoms with Crippen molar-refractivity contribution in [3.8, 4) is 33.6 Å². The molecule has 0 atom stereocenters. The smallest absolute Gasteiger partial charge is 0.415 e. The van der Waals surface area contributed by atoms with E-state index in [9.17, 15) is 13.2 Å². The molecule has 4 aromatic rings. The van der Waals surface area contributed by atoms with Gasteiger partial charge in [0.05, 0.1) is 16.1 Å². The number of halogens is 5. The summed E-state index contributed by atoms with van der Waals surface area (Å²) in [7, 11) is 0. The minimum absolute atomic E-state index is 0.135. The zero-order valence-corrected chi connectivity index (χ0v) is 16.0. The Labute approximate surface area is 170 Å². The molecule has 4 nitrogen and oxygen atoms in total. The quantitative estimate of drug-likeness (QED) is 0.348. The predicted octanol–water partition coefficient (Wildman–Crippen LogP) is 6.85. The molecule has 0 bridgehead atoms. The molecule has 0 aliphatic rings. The van der Waals surface area contributed by atoms with Gasteiger partial charge < -0.3 is 4.42 Å². The van der Waals surface area contributed by atoms with Gasteiger partial charge in [-0.05, 0) is 30.3 Å². The Balaban J connectivity index is 1.65. The van der Waals surface area contributed by atoms with Crippen molar-refractivity contribution in [2.24, 2.45) is 0 Å². The lowest BCUT2D eigenvalue weighted by atomic mass is 10.1. The summed E-state index contributed by atoms with van der Waals surface area (Å²) in [6.07, 6.45) is -4.42. The van der Waals surface area contributed by atoms with Crippen LogP contribution in [-0.2, 0) is 6.18 Å². The third kappa shape index (κ3) is 3.76. The van der Waals surface area contributed by atoms with E-state index in [0.29, 0.717) is 31.9 Å². The molecular formula is C18H8Cl2F3N3OS. The minimum Gasteiger partial charge on any atom is -0.415 e. The zero-order chi connectivity index (χ0) is 19.9. The van der Waals surface area contributed by atoms with Gasteiger partial charge in [0.25, 0.3) is 5.89 Å². The van der Waals surface area contributed by atoms with Gasteiger partial charge in [-0.1, -0.05) is 35.3 Å². The standard InChI is InChI=1S/C18H8Cl2F3N3OS/c19-11-4-5-12(13(20)7-11)15-25-26-16(27-15)14-8-28-17(24-14)9-2-1-3-10(6-9)18(21,22)23/h1-8H. The number of hydrogen-bond acceptors (Lipinski definition) is 5. The number of hydrogen-bond donors (Lipinski definition) is 0. The molecule has 142 valence electrons. The molecule has 2 aromatic heterocycles. The van der Waals surface area contributed by atoms with E-state index < -0.39 is 11.7 Å². The van der Waals surface area contributed by atoms with Crippen molar-refractivity contribution in [3.05, 3.63) is 63.5 Å². The third-order valence-electron chi connectivity index (χ3n) is 3.75. The summed E-state index contributed by atoms with van der Waals surface area (Å²) in [6, 6.07) is 9.81. The summed E-state index contributed by atoms with van der Waals surface area (Å²) in [5.74, 6) is 0.320. The van der Waals surface area contributed by atoms with E-state index in [1.54, 1.807) is 29.6 Å². The van der Waals surface area contributed by atoms with E-state index in [2.05, 4.69) is 15.2 Å². The summed E-state index contributed by atoms with van der Waals surface area (Å²) in [5.41, 5.74) is 0.491. The first-order chi connectivity index (χ1) is 13.3. The number of nitrogens with zero attached hydrogens (tertiary/aromatic N) is 3. The van der Waals surface area contributed by atoms with Gasteiger partial charge in [-0.25, -0.2) is 4.98 Å². The molecule has 0 unspecified atom stereocenters. The van der Waals surface area contributed by atoms with Gasteiger partial charge in [0, 0.05) is 16.0 Å². The average molecular weight is 442 g/mol. The molecule has 10 heteroatoms. The van der Waals surface area contributed by atoms with E-state index in [-0.39, 0.29) is 11.8 Å². The Morgan fingerprint density at radius 1 is 0.964 bits per heavy atom. The van der Waals surface area contributed by atoms with Crippen molar-refractivity contribution >= 4 is 34.5 Å². The number of alkyl halides is 3. The van der Waals surface area contributed by atoms with Crippen LogP contribution in [0.2, 0.25) is 10.0 Å². The first-order valence-corrected chi connectivity index (χ1v) is 9.37. The Bertz CT molecular complexity index is 1160. The molecule has 0 saturated heterocycles. The monoisotopic (exact) mass is 441 g/mol. The molecule has 0 N–H and O–H groups in total. The lowest BCUT2D eigenvalue weighted by molar-refractivity contribution is -0.137. The normalized spacial score (nSPS) is 11.8. The maximum Gasteiger partial charge on any atom is 0.416 e. The van der Waals surface area contributed by atoms with Crippen LogP contribution in [0.1, 0.15) is 5.56 Å². The molecule has 0 amide bonds. The van der Waals surface area contributed by atoms with E-state index in [1.807, 2.05) is 0 Å². The molecule has 2 aromatic carbocycles. The maximum absolute atomic E-state index is 12.9. The van der Waals surface area contributed by atoms with E-state index in [0.717, 1.165) is 12.1 Å². The molecule has 4 rings (SSSR count). The number of thiazole rings is 1. The summed E-state index contributed by atoms with van der Waals surface area (Å²) in [5, 5.41) is 10.8. The highest BCUT2D eigenvalue weighted by Crippen LogP contribution is 2.35. The predicted molar refractivity (Wildman–Crippen MR) is 101 cm³/mol. The van der Waals surface area contributed by atoms with Gasteiger partial charge in [0.15, 0.2) is 0 Å². The topological polar surface area (TPSA) is 51.8 Å². The second-order valence-electron chi connectivity index (χ2n) is 5.65. The van der Waals surface area contributed by atoms with Crippen LogP contribution in [0.3, 0.4) is 0 Å². The van der Waals surface area contributed by atoms with E-state index in [1.165, 1.54) is 17.4 Å². The fraction of sp³-hybridized carbons (Fsp3) is 0.0556. The van der Waals surface area contributed by atoms with Crippen LogP contribution in [-0.4, -0.2) is 15.2 Å². The summed E-state index contributed by atoms with van der Waals surface area (Å²) < 4.78 is 44.3. The maximum atomic E-state index is 12.9. The van der Waals surface area contributed by atoms with Gasteiger partial charge in [-0.15, -0.1) is 21.5 Å². The van der Waals surface area contributed by atoms with Gasteiger partial charge >= 0.3 is 6.18 Å². The summed E-state index contributed by atoms with van der Waals surface area (Å²) in [4.78, 5) is 4.32. The van der Waals surface area contributed by atoms with Gasteiger partial charge in [0.1, 0.15) is 10.7 Å². The highest BCUT2D eigenvalue weighted by molar-refractivity contribution is 7.13. The van der Waals surface area contributed by atoms with Crippen LogP contribution in [0.15, 0.2) is 52.3 Å². The van der Waals surface area contributed by atoms with Crippen LogP contribution >= 0.6 is 34.5 Å². The molecule has 0 fully saturated rings. The first-order valence-electron chi connectivity index (χ1n) is 7.74. The molecular weight excluding hydrogens is 434 g/mol. The Hall–Kier alpha value is -2.42. The molecule has 0 spiro atoms. The zero-order valence-electron chi connectivity index (χ0n) is 13.7. The number of benzene rings is 2. The fourth-order valence-electron chi connectivity index (χ4n) is 2.43. The number of rotatable bonds is 3. The third-order valence-corrected chi connectivity index (χ3v) is 5.19. The van der Waals surface area contributed by atoms with Crippen LogP contribution < -0.4 is 0 Å². The van der Waals surface area contributed by atoms with Gasteiger partial charge in [-0.2, -0.15) is 13.2 Å². The second-order valence-corrected chi connectivity index (χ2v) is 7.35. The lowest BCUT2D eigenvalue weighted by Gasteiger charge is -2.07.